The fraction of sp³-hybridized carbons (Fsp3) is 0.261. The van der Waals surface area contributed by atoms with Crippen LogP contribution < -0.4 is 9.64 Å². The van der Waals surface area contributed by atoms with Gasteiger partial charge in [-0.15, -0.1) is 0 Å². The number of morpholine rings is 1. The third-order valence-electron chi connectivity index (χ3n) is 5.35. The number of ether oxygens (including phenoxy) is 2. The molecule has 158 valence electrons. The minimum absolute atomic E-state index is 0.101. The highest BCUT2D eigenvalue weighted by Gasteiger charge is 2.27. The molecule has 2 aliphatic heterocycles. The van der Waals surface area contributed by atoms with Crippen molar-refractivity contribution >= 4 is 11.9 Å². The molecular weight excluding hydrogens is 399 g/mol. The first-order valence-electron chi connectivity index (χ1n) is 10.2. The average molecular weight is 420 g/mol. The number of anilines is 1. The van der Waals surface area contributed by atoms with Crippen LogP contribution in [-0.2, 0) is 17.8 Å². The van der Waals surface area contributed by atoms with E-state index in [0.717, 1.165) is 24.3 Å². The van der Waals surface area contributed by atoms with Gasteiger partial charge in [-0.1, -0.05) is 6.07 Å². The SMILES string of the molecule is O=C(c1cccc(Oc2ccc(F)cc2)c1)N1Cc2cnc(N3CCOCC3)nc2C1. The van der Waals surface area contributed by atoms with Crippen LogP contribution in [0.2, 0.25) is 0 Å². The predicted octanol–water partition coefficient (Wildman–Crippen LogP) is 3.40. The lowest BCUT2D eigenvalue weighted by Crippen LogP contribution is -2.37. The third-order valence-corrected chi connectivity index (χ3v) is 5.35. The smallest absolute Gasteiger partial charge is 0.254 e. The Kier molecular flexibility index (Phi) is 5.21. The number of halogens is 1. The monoisotopic (exact) mass is 420 g/mol. The van der Waals surface area contributed by atoms with Gasteiger partial charge in [0, 0.05) is 37.0 Å². The first-order chi connectivity index (χ1) is 15.2. The summed E-state index contributed by atoms with van der Waals surface area (Å²) in [4.78, 5) is 26.1. The van der Waals surface area contributed by atoms with Crippen molar-refractivity contribution in [1.29, 1.82) is 0 Å². The summed E-state index contributed by atoms with van der Waals surface area (Å²) in [5, 5.41) is 0. The Labute approximate surface area is 179 Å². The number of hydrogen-bond acceptors (Lipinski definition) is 6. The highest BCUT2D eigenvalue weighted by atomic mass is 19.1. The number of carbonyl (C=O) groups excluding carboxylic acids is 1. The summed E-state index contributed by atoms with van der Waals surface area (Å²) in [5.41, 5.74) is 2.36. The van der Waals surface area contributed by atoms with Crippen LogP contribution >= 0.6 is 0 Å². The van der Waals surface area contributed by atoms with Crippen molar-refractivity contribution in [1.82, 2.24) is 14.9 Å². The molecule has 7 nitrogen and oxygen atoms in total. The van der Waals surface area contributed by atoms with Gasteiger partial charge in [0.2, 0.25) is 5.95 Å². The van der Waals surface area contributed by atoms with E-state index in [4.69, 9.17) is 14.5 Å². The summed E-state index contributed by atoms with van der Waals surface area (Å²) < 4.78 is 24.2. The van der Waals surface area contributed by atoms with E-state index in [-0.39, 0.29) is 11.7 Å². The first-order valence-corrected chi connectivity index (χ1v) is 10.2. The van der Waals surface area contributed by atoms with E-state index in [1.165, 1.54) is 12.1 Å². The van der Waals surface area contributed by atoms with Gasteiger partial charge in [0.15, 0.2) is 0 Å². The Hall–Kier alpha value is -3.52. The molecule has 0 atom stereocenters. The molecule has 1 fully saturated rings. The van der Waals surface area contributed by atoms with Gasteiger partial charge in [0.1, 0.15) is 17.3 Å². The van der Waals surface area contributed by atoms with Gasteiger partial charge >= 0.3 is 0 Å². The molecular formula is C23H21FN4O3. The van der Waals surface area contributed by atoms with E-state index < -0.39 is 0 Å². The Morgan fingerprint density at radius 2 is 1.84 bits per heavy atom. The van der Waals surface area contributed by atoms with Gasteiger partial charge in [-0.25, -0.2) is 14.4 Å². The summed E-state index contributed by atoms with van der Waals surface area (Å²) in [6.07, 6.45) is 1.81. The average Bonchev–Trinajstić information content (AvgIpc) is 3.24. The summed E-state index contributed by atoms with van der Waals surface area (Å²) in [5.74, 6) is 1.28. The van der Waals surface area contributed by atoms with Gasteiger partial charge in [-0.05, 0) is 42.5 Å². The second-order valence-electron chi connectivity index (χ2n) is 7.49. The molecule has 3 heterocycles. The van der Waals surface area contributed by atoms with Crippen LogP contribution in [0.3, 0.4) is 0 Å². The molecule has 1 amide bonds. The van der Waals surface area contributed by atoms with Gasteiger partial charge in [-0.2, -0.15) is 0 Å². The molecule has 0 radical (unpaired) electrons. The molecule has 2 aromatic carbocycles. The molecule has 2 aliphatic rings. The molecule has 5 rings (SSSR count). The molecule has 0 bridgehead atoms. The molecule has 0 spiro atoms. The summed E-state index contributed by atoms with van der Waals surface area (Å²) >= 11 is 0. The number of rotatable bonds is 4. The van der Waals surface area contributed by atoms with Crippen molar-refractivity contribution in [2.45, 2.75) is 13.1 Å². The Balaban J connectivity index is 1.29. The number of amides is 1. The lowest BCUT2D eigenvalue weighted by molar-refractivity contribution is 0.0750. The van der Waals surface area contributed by atoms with Crippen molar-refractivity contribution in [3.63, 3.8) is 0 Å². The third kappa shape index (κ3) is 4.20. The van der Waals surface area contributed by atoms with E-state index >= 15 is 0 Å². The molecule has 0 unspecified atom stereocenters. The molecule has 8 heteroatoms. The lowest BCUT2D eigenvalue weighted by atomic mass is 10.2. The fourth-order valence-corrected chi connectivity index (χ4v) is 3.72. The standard InChI is InChI=1S/C23H21FN4O3/c24-18-4-6-19(7-5-18)31-20-3-1-2-16(12-20)22(29)28-14-17-13-25-23(26-21(17)15-28)27-8-10-30-11-9-27/h1-7,12-13H,8-11,14-15H2. The minimum atomic E-state index is -0.329. The molecule has 0 aliphatic carbocycles. The molecule has 0 saturated carbocycles. The maximum atomic E-state index is 13.1. The Morgan fingerprint density at radius 1 is 1.03 bits per heavy atom. The zero-order chi connectivity index (χ0) is 21.2. The van der Waals surface area contributed by atoms with Crippen molar-refractivity contribution in [2.75, 3.05) is 31.2 Å². The predicted molar refractivity (Wildman–Crippen MR) is 112 cm³/mol. The second kappa shape index (κ2) is 8.31. The number of carbonyl (C=O) groups is 1. The number of aromatic nitrogens is 2. The first kappa shape index (κ1) is 19.4. The second-order valence-corrected chi connectivity index (χ2v) is 7.49. The quantitative estimate of drug-likeness (QED) is 0.645. The zero-order valence-electron chi connectivity index (χ0n) is 16.8. The summed E-state index contributed by atoms with van der Waals surface area (Å²) in [6, 6.07) is 12.7. The number of benzene rings is 2. The van der Waals surface area contributed by atoms with Crippen LogP contribution in [-0.4, -0.2) is 47.1 Å². The summed E-state index contributed by atoms with van der Waals surface area (Å²) in [6.45, 7) is 3.78. The fourth-order valence-electron chi connectivity index (χ4n) is 3.72. The van der Waals surface area contributed by atoms with E-state index in [9.17, 15) is 9.18 Å². The lowest BCUT2D eigenvalue weighted by Gasteiger charge is -2.26. The topological polar surface area (TPSA) is 67.8 Å². The molecule has 1 saturated heterocycles. The number of nitrogens with zero attached hydrogens (tertiary/aromatic N) is 4. The maximum absolute atomic E-state index is 13.1. The largest absolute Gasteiger partial charge is 0.457 e. The van der Waals surface area contributed by atoms with Crippen LogP contribution in [0.1, 0.15) is 21.6 Å². The molecule has 31 heavy (non-hydrogen) atoms. The van der Waals surface area contributed by atoms with Gasteiger partial charge in [0.05, 0.1) is 25.5 Å². The van der Waals surface area contributed by atoms with Gasteiger partial charge in [-0.3, -0.25) is 4.79 Å². The van der Waals surface area contributed by atoms with Crippen LogP contribution in [0.5, 0.6) is 11.5 Å². The van der Waals surface area contributed by atoms with Crippen LogP contribution in [0, 0.1) is 5.82 Å². The van der Waals surface area contributed by atoms with Crippen molar-refractivity contribution < 1.29 is 18.7 Å². The van der Waals surface area contributed by atoms with Gasteiger partial charge < -0.3 is 19.3 Å². The van der Waals surface area contributed by atoms with Gasteiger partial charge in [0.25, 0.3) is 5.91 Å². The highest BCUT2D eigenvalue weighted by Crippen LogP contribution is 2.27. The van der Waals surface area contributed by atoms with E-state index in [1.54, 1.807) is 41.3 Å². The molecule has 0 N–H and O–H groups in total. The van der Waals surface area contributed by atoms with Crippen molar-refractivity contribution in [3.8, 4) is 11.5 Å². The highest BCUT2D eigenvalue weighted by molar-refractivity contribution is 5.94. The van der Waals surface area contributed by atoms with Crippen LogP contribution in [0.25, 0.3) is 0 Å². The van der Waals surface area contributed by atoms with E-state index in [2.05, 4.69) is 9.88 Å². The van der Waals surface area contributed by atoms with E-state index in [0.29, 0.717) is 49.3 Å². The Morgan fingerprint density at radius 3 is 2.65 bits per heavy atom. The Bertz CT molecular complexity index is 1100. The van der Waals surface area contributed by atoms with E-state index in [1.807, 2.05) is 6.20 Å². The van der Waals surface area contributed by atoms with Crippen LogP contribution in [0.15, 0.2) is 54.7 Å². The van der Waals surface area contributed by atoms with Crippen molar-refractivity contribution in [3.05, 3.63) is 77.4 Å². The maximum Gasteiger partial charge on any atom is 0.254 e. The normalized spacial score (nSPS) is 15.6. The zero-order valence-corrected chi connectivity index (χ0v) is 16.8. The summed E-state index contributed by atoms with van der Waals surface area (Å²) in [7, 11) is 0. The number of hydrogen-bond donors (Lipinski definition) is 0. The van der Waals surface area contributed by atoms with Crippen LogP contribution in [0.4, 0.5) is 10.3 Å². The molecule has 1 aromatic heterocycles. The number of fused-ring (bicyclic) bond motifs is 1. The molecule has 3 aromatic rings. The minimum Gasteiger partial charge on any atom is -0.457 e. The van der Waals surface area contributed by atoms with Crippen molar-refractivity contribution in [2.24, 2.45) is 0 Å².